The number of benzene rings is 1. The normalized spacial score (nSPS) is 30.2. The van der Waals surface area contributed by atoms with Gasteiger partial charge in [-0.25, -0.2) is 0 Å². The maximum Gasteiger partial charge on any atom is 0.137 e. The van der Waals surface area contributed by atoms with E-state index in [2.05, 4.69) is 10.2 Å². The zero-order valence-corrected chi connectivity index (χ0v) is 11.4. The largest absolute Gasteiger partial charge is 0.495 e. The molecule has 4 heteroatoms. The van der Waals surface area contributed by atoms with Gasteiger partial charge in [-0.15, -0.1) is 0 Å². The second kappa shape index (κ2) is 4.98. The fourth-order valence-electron chi connectivity index (χ4n) is 3.11. The summed E-state index contributed by atoms with van der Waals surface area (Å²) in [6.45, 7) is 3.74. The van der Waals surface area contributed by atoms with E-state index in [9.17, 15) is 0 Å². The van der Waals surface area contributed by atoms with E-state index in [1.807, 2.05) is 18.2 Å². The molecule has 3 nitrogen and oxygen atoms in total. The predicted octanol–water partition coefficient (Wildman–Crippen LogP) is 2.85. The molecule has 2 aliphatic heterocycles. The van der Waals surface area contributed by atoms with Crippen LogP contribution in [0.1, 0.15) is 12.8 Å². The highest BCUT2D eigenvalue weighted by Crippen LogP contribution is 2.32. The van der Waals surface area contributed by atoms with Crippen molar-refractivity contribution < 1.29 is 4.74 Å². The highest BCUT2D eigenvalue weighted by molar-refractivity contribution is 6.32. The van der Waals surface area contributed by atoms with Crippen LogP contribution in [0.2, 0.25) is 5.02 Å². The van der Waals surface area contributed by atoms with E-state index in [1.54, 1.807) is 7.11 Å². The van der Waals surface area contributed by atoms with E-state index in [0.29, 0.717) is 11.1 Å². The first-order valence-corrected chi connectivity index (χ1v) is 6.96. The van der Waals surface area contributed by atoms with Crippen LogP contribution in [-0.2, 0) is 0 Å². The Kier molecular flexibility index (Phi) is 3.35. The van der Waals surface area contributed by atoms with Crippen LogP contribution >= 0.6 is 11.6 Å². The Hall–Kier alpha value is -0.930. The van der Waals surface area contributed by atoms with E-state index in [0.717, 1.165) is 17.4 Å². The average molecular weight is 267 g/mol. The van der Waals surface area contributed by atoms with Gasteiger partial charge in [0.05, 0.1) is 12.1 Å². The van der Waals surface area contributed by atoms with Gasteiger partial charge >= 0.3 is 0 Å². The van der Waals surface area contributed by atoms with Gasteiger partial charge in [0.25, 0.3) is 0 Å². The molecule has 2 bridgehead atoms. The summed E-state index contributed by atoms with van der Waals surface area (Å²) in [5, 5.41) is 4.31. The van der Waals surface area contributed by atoms with Gasteiger partial charge in [-0.2, -0.15) is 0 Å². The van der Waals surface area contributed by atoms with Crippen molar-refractivity contribution in [1.29, 1.82) is 0 Å². The average Bonchev–Trinajstić information content (AvgIpc) is 2.76. The Morgan fingerprint density at radius 2 is 2.17 bits per heavy atom. The van der Waals surface area contributed by atoms with Crippen LogP contribution in [-0.4, -0.2) is 37.7 Å². The van der Waals surface area contributed by atoms with Crippen LogP contribution in [0.15, 0.2) is 18.2 Å². The quantitative estimate of drug-likeness (QED) is 0.911. The zero-order chi connectivity index (χ0) is 12.5. The summed E-state index contributed by atoms with van der Waals surface area (Å²) in [5.41, 5.74) is 1.10. The molecule has 1 aromatic rings. The van der Waals surface area contributed by atoms with Gasteiger partial charge in [-0.1, -0.05) is 11.6 Å². The molecular weight excluding hydrogens is 248 g/mol. The summed E-state index contributed by atoms with van der Waals surface area (Å²) >= 11 is 6.15. The molecule has 2 fully saturated rings. The first kappa shape index (κ1) is 12.1. The molecule has 3 atom stereocenters. The highest BCUT2D eigenvalue weighted by Gasteiger charge is 2.34. The topological polar surface area (TPSA) is 24.5 Å². The van der Waals surface area contributed by atoms with E-state index in [1.165, 1.54) is 32.5 Å². The van der Waals surface area contributed by atoms with Crippen LogP contribution in [0.5, 0.6) is 5.75 Å². The molecule has 18 heavy (non-hydrogen) atoms. The number of rotatable bonds is 3. The molecule has 0 aromatic heterocycles. The third-order valence-corrected chi connectivity index (χ3v) is 4.43. The Balaban J connectivity index is 1.70. The molecule has 1 N–H and O–H groups in total. The molecule has 3 unspecified atom stereocenters. The zero-order valence-electron chi connectivity index (χ0n) is 10.7. The summed E-state index contributed by atoms with van der Waals surface area (Å²) in [6.07, 6.45) is 2.55. The van der Waals surface area contributed by atoms with Crippen LogP contribution in [0, 0.1) is 5.92 Å². The molecule has 0 aliphatic carbocycles. The Bertz CT molecular complexity index is 438. The van der Waals surface area contributed by atoms with Crippen molar-refractivity contribution in [2.75, 3.05) is 32.1 Å². The van der Waals surface area contributed by atoms with Crippen LogP contribution in [0.3, 0.4) is 0 Å². The van der Waals surface area contributed by atoms with Crippen molar-refractivity contribution in [2.24, 2.45) is 5.92 Å². The van der Waals surface area contributed by atoms with Crippen molar-refractivity contribution in [3.63, 3.8) is 0 Å². The summed E-state index contributed by atoms with van der Waals surface area (Å²) in [7, 11) is 1.64. The molecule has 3 rings (SSSR count). The molecule has 1 aromatic carbocycles. The van der Waals surface area contributed by atoms with Crippen molar-refractivity contribution >= 4 is 17.3 Å². The second-order valence-corrected chi connectivity index (χ2v) is 5.65. The van der Waals surface area contributed by atoms with E-state index >= 15 is 0 Å². The highest BCUT2D eigenvalue weighted by atomic mass is 35.5. The fourth-order valence-corrected chi connectivity index (χ4v) is 3.37. The van der Waals surface area contributed by atoms with Gasteiger partial charge < -0.3 is 15.0 Å². The number of nitrogens with zero attached hydrogens (tertiary/aromatic N) is 1. The molecule has 2 aliphatic rings. The van der Waals surface area contributed by atoms with Crippen LogP contribution in [0.4, 0.5) is 5.69 Å². The number of hydrogen-bond donors (Lipinski definition) is 1. The smallest absolute Gasteiger partial charge is 0.137 e. The summed E-state index contributed by atoms with van der Waals surface area (Å²) in [6, 6.07) is 6.52. The van der Waals surface area contributed by atoms with Gasteiger partial charge in [0.1, 0.15) is 5.75 Å². The third-order valence-electron chi connectivity index (χ3n) is 4.14. The predicted molar refractivity (Wildman–Crippen MR) is 74.6 cm³/mol. The Morgan fingerprint density at radius 3 is 2.94 bits per heavy atom. The van der Waals surface area contributed by atoms with Gasteiger partial charge in [0.15, 0.2) is 0 Å². The Morgan fingerprint density at radius 1 is 1.33 bits per heavy atom. The monoisotopic (exact) mass is 266 g/mol. The fraction of sp³-hybridized carbons (Fsp3) is 0.571. The second-order valence-electron chi connectivity index (χ2n) is 5.24. The molecule has 98 valence electrons. The van der Waals surface area contributed by atoms with E-state index in [4.69, 9.17) is 16.3 Å². The van der Waals surface area contributed by atoms with Gasteiger partial charge in [0.2, 0.25) is 0 Å². The van der Waals surface area contributed by atoms with E-state index < -0.39 is 0 Å². The van der Waals surface area contributed by atoms with Crippen molar-refractivity contribution in [1.82, 2.24) is 4.90 Å². The molecule has 0 saturated carbocycles. The van der Waals surface area contributed by atoms with Gasteiger partial charge in [-0.05, 0) is 43.5 Å². The number of hydrogen-bond acceptors (Lipinski definition) is 3. The Labute approximate surface area is 113 Å². The molecule has 2 heterocycles. The van der Waals surface area contributed by atoms with Gasteiger partial charge in [-0.3, -0.25) is 0 Å². The lowest BCUT2D eigenvalue weighted by Crippen LogP contribution is -2.39. The number of anilines is 1. The lowest BCUT2D eigenvalue weighted by Gasteiger charge is -2.31. The number of fused-ring (bicyclic) bond motifs is 2. The van der Waals surface area contributed by atoms with Gasteiger partial charge in [0, 0.05) is 24.8 Å². The number of ether oxygens (including phenoxy) is 1. The molecule has 2 saturated heterocycles. The molecular formula is C14H19ClN2O. The minimum Gasteiger partial charge on any atom is -0.495 e. The van der Waals surface area contributed by atoms with Crippen molar-refractivity contribution in [2.45, 2.75) is 18.9 Å². The summed E-state index contributed by atoms with van der Waals surface area (Å²) in [5.74, 6) is 1.53. The lowest BCUT2D eigenvalue weighted by molar-refractivity contribution is 0.255. The van der Waals surface area contributed by atoms with Crippen molar-refractivity contribution in [3.8, 4) is 5.75 Å². The number of methoxy groups -OCH3 is 1. The number of piperidine rings is 1. The maximum atomic E-state index is 6.15. The molecule has 0 spiro atoms. The maximum absolute atomic E-state index is 6.15. The third kappa shape index (κ3) is 2.29. The minimum atomic E-state index is 0.591. The molecule has 0 amide bonds. The van der Waals surface area contributed by atoms with Crippen molar-refractivity contribution in [3.05, 3.63) is 23.2 Å². The SMILES string of the molecule is COc1ccc(NC2CCN3CCC2C3)cc1Cl. The first-order chi connectivity index (χ1) is 8.76. The number of nitrogens with one attached hydrogen (secondary N) is 1. The standard InChI is InChI=1S/C14H19ClN2O/c1-18-14-3-2-11(8-12(14)15)16-13-5-7-17-6-4-10(13)9-17/h2-3,8,10,13,16H,4-7,9H2,1H3. The lowest BCUT2D eigenvalue weighted by atomic mass is 9.94. The summed E-state index contributed by atoms with van der Waals surface area (Å²) < 4.78 is 5.17. The van der Waals surface area contributed by atoms with Crippen LogP contribution < -0.4 is 10.1 Å². The van der Waals surface area contributed by atoms with Crippen LogP contribution in [0.25, 0.3) is 0 Å². The molecule has 0 radical (unpaired) electrons. The first-order valence-electron chi connectivity index (χ1n) is 6.58. The minimum absolute atomic E-state index is 0.591. The summed E-state index contributed by atoms with van der Waals surface area (Å²) in [4.78, 5) is 2.56. The van der Waals surface area contributed by atoms with E-state index in [-0.39, 0.29) is 0 Å². The number of halogens is 1.